The van der Waals surface area contributed by atoms with Crippen LogP contribution in [0.4, 0.5) is 30.7 Å². The number of aliphatic hydroxyl groups is 1. The molecule has 0 aliphatic rings. The zero-order valence-electron chi connectivity index (χ0n) is 8.23. The molecule has 0 radical (unpaired) electrons. The Morgan fingerprint density at radius 2 is 1.72 bits per heavy atom. The number of rotatable bonds is 2. The second-order valence-electron chi connectivity index (χ2n) is 2.99. The lowest BCUT2D eigenvalue weighted by Crippen LogP contribution is -2.21. The molecule has 0 bridgehead atoms. The van der Waals surface area contributed by atoms with E-state index in [2.05, 4.69) is 9.72 Å². The molecule has 1 N–H and O–H groups in total. The molecule has 0 atom stereocenters. The molecule has 102 valence electrons. The first-order chi connectivity index (χ1) is 8.04. The smallest absolute Gasteiger partial charge is 0.392 e. The summed E-state index contributed by atoms with van der Waals surface area (Å²) in [6.45, 7) is -1.23. The van der Waals surface area contributed by atoms with Gasteiger partial charge in [0.15, 0.2) is 5.82 Å². The number of aliphatic hydroxyl groups excluding tert-OH is 1. The highest BCUT2D eigenvalue weighted by Crippen LogP contribution is 2.33. The Hall–Kier alpha value is -1.58. The monoisotopic (exact) mass is 279 g/mol. The van der Waals surface area contributed by atoms with Gasteiger partial charge in [-0.05, 0) is 6.07 Å². The van der Waals surface area contributed by atoms with Gasteiger partial charge >= 0.3 is 12.5 Å². The molecule has 0 unspecified atom stereocenters. The second kappa shape index (κ2) is 4.59. The van der Waals surface area contributed by atoms with Gasteiger partial charge < -0.3 is 9.84 Å². The molecule has 3 nitrogen and oxygen atoms in total. The van der Waals surface area contributed by atoms with Gasteiger partial charge in [0.05, 0.1) is 6.61 Å². The molecule has 1 aromatic rings. The minimum absolute atomic E-state index is 0.0958. The normalized spacial score (nSPS) is 12.7. The summed E-state index contributed by atoms with van der Waals surface area (Å²) in [5.74, 6) is -3.69. The van der Waals surface area contributed by atoms with Crippen LogP contribution in [0.25, 0.3) is 0 Å². The molecular formula is C8H4F7NO2. The van der Waals surface area contributed by atoms with Crippen molar-refractivity contribution in [1.82, 2.24) is 4.98 Å². The summed E-state index contributed by atoms with van der Waals surface area (Å²) in [7, 11) is 0. The van der Waals surface area contributed by atoms with E-state index in [0.717, 1.165) is 0 Å². The Bertz CT molecular complexity index is 440. The van der Waals surface area contributed by atoms with Gasteiger partial charge in [-0.15, -0.1) is 13.2 Å². The Kier molecular flexibility index (Phi) is 3.70. The molecule has 1 heterocycles. The topological polar surface area (TPSA) is 42.4 Å². The summed E-state index contributed by atoms with van der Waals surface area (Å²) < 4.78 is 88.3. The van der Waals surface area contributed by atoms with Crippen LogP contribution in [0.5, 0.6) is 5.88 Å². The molecule has 1 aromatic heterocycles. The number of pyridine rings is 1. The molecule has 1 rings (SSSR count). The Labute approximate surface area is 94.8 Å². The van der Waals surface area contributed by atoms with Crippen molar-refractivity contribution in [2.75, 3.05) is 0 Å². The van der Waals surface area contributed by atoms with Crippen molar-refractivity contribution in [3.8, 4) is 5.88 Å². The average Bonchev–Trinajstić information content (AvgIpc) is 2.17. The second-order valence-corrected chi connectivity index (χ2v) is 2.99. The van der Waals surface area contributed by atoms with Gasteiger partial charge in [-0.2, -0.15) is 13.2 Å². The van der Waals surface area contributed by atoms with Crippen LogP contribution >= 0.6 is 0 Å². The third kappa shape index (κ3) is 3.45. The Morgan fingerprint density at radius 3 is 2.11 bits per heavy atom. The number of halogens is 7. The minimum Gasteiger partial charge on any atom is -0.392 e. The Balaban J connectivity index is 3.32. The summed E-state index contributed by atoms with van der Waals surface area (Å²) in [6.07, 6.45) is -10.5. The van der Waals surface area contributed by atoms with Crippen LogP contribution in [0.2, 0.25) is 0 Å². The first kappa shape index (κ1) is 14.5. The highest BCUT2D eigenvalue weighted by molar-refractivity contribution is 5.28. The summed E-state index contributed by atoms with van der Waals surface area (Å²) >= 11 is 0. The fourth-order valence-electron chi connectivity index (χ4n) is 0.994. The molecule has 0 saturated heterocycles. The van der Waals surface area contributed by atoms with Gasteiger partial charge in [-0.25, -0.2) is 9.37 Å². The lowest BCUT2D eigenvalue weighted by molar-refractivity contribution is -0.277. The van der Waals surface area contributed by atoms with Gasteiger partial charge in [0.25, 0.3) is 5.88 Å². The maximum Gasteiger partial charge on any atom is 0.574 e. The van der Waals surface area contributed by atoms with Gasteiger partial charge in [0.2, 0.25) is 0 Å². The van der Waals surface area contributed by atoms with Crippen LogP contribution in [-0.2, 0) is 12.8 Å². The lowest BCUT2D eigenvalue weighted by atomic mass is 10.2. The van der Waals surface area contributed by atoms with E-state index in [4.69, 9.17) is 5.11 Å². The first-order valence-corrected chi connectivity index (χ1v) is 4.18. The summed E-state index contributed by atoms with van der Waals surface area (Å²) in [5.41, 5.74) is -2.80. The molecule has 18 heavy (non-hydrogen) atoms. The molecule has 0 aliphatic carbocycles. The average molecular weight is 279 g/mol. The Morgan fingerprint density at radius 1 is 1.17 bits per heavy atom. The quantitative estimate of drug-likeness (QED) is 0.846. The van der Waals surface area contributed by atoms with Crippen molar-refractivity contribution in [3.63, 3.8) is 0 Å². The van der Waals surface area contributed by atoms with Crippen molar-refractivity contribution < 1.29 is 40.6 Å². The lowest BCUT2D eigenvalue weighted by Gasteiger charge is -2.13. The third-order valence-corrected chi connectivity index (χ3v) is 1.68. The summed E-state index contributed by atoms with van der Waals surface area (Å²) in [4.78, 5) is 2.38. The molecule has 0 aromatic carbocycles. The van der Waals surface area contributed by atoms with Gasteiger partial charge in [-0.1, -0.05) is 0 Å². The van der Waals surface area contributed by atoms with Crippen molar-refractivity contribution in [1.29, 1.82) is 0 Å². The summed E-state index contributed by atoms with van der Waals surface area (Å²) in [5, 5.41) is 8.56. The van der Waals surface area contributed by atoms with Crippen LogP contribution in [0, 0.1) is 5.82 Å². The molecular weight excluding hydrogens is 275 g/mol. The predicted octanol–water partition coefficient (Wildman–Crippen LogP) is 2.63. The standard InChI is InChI=1S/C8H4F7NO2/c9-5-3(2-17)1-4(7(10,11)12)16-6(5)18-8(13,14)15/h1,17H,2H2. The number of aromatic nitrogens is 1. The van der Waals surface area contributed by atoms with Crippen LogP contribution in [-0.4, -0.2) is 16.5 Å². The molecule has 0 saturated carbocycles. The predicted molar refractivity (Wildman–Crippen MR) is 41.8 cm³/mol. The highest BCUT2D eigenvalue weighted by Gasteiger charge is 2.38. The van der Waals surface area contributed by atoms with Crippen LogP contribution in [0.3, 0.4) is 0 Å². The molecule has 0 aliphatic heterocycles. The van der Waals surface area contributed by atoms with E-state index >= 15 is 0 Å². The van der Waals surface area contributed by atoms with Gasteiger partial charge in [-0.3, -0.25) is 0 Å². The summed E-state index contributed by atoms with van der Waals surface area (Å²) in [6, 6.07) is 0.0958. The maximum absolute atomic E-state index is 13.2. The van der Waals surface area contributed by atoms with Crippen molar-refractivity contribution in [2.45, 2.75) is 19.1 Å². The number of alkyl halides is 6. The molecule has 0 spiro atoms. The van der Waals surface area contributed by atoms with Crippen LogP contribution < -0.4 is 4.74 Å². The number of ether oxygens (including phenoxy) is 1. The zero-order valence-corrected chi connectivity index (χ0v) is 8.23. The number of hydrogen-bond donors (Lipinski definition) is 1. The van der Waals surface area contributed by atoms with Crippen molar-refractivity contribution >= 4 is 0 Å². The zero-order chi connectivity index (χ0) is 14.1. The van der Waals surface area contributed by atoms with Crippen LogP contribution in [0.1, 0.15) is 11.3 Å². The first-order valence-electron chi connectivity index (χ1n) is 4.18. The van der Waals surface area contributed by atoms with Gasteiger partial charge in [0, 0.05) is 5.56 Å². The van der Waals surface area contributed by atoms with E-state index in [1.54, 1.807) is 0 Å². The van der Waals surface area contributed by atoms with E-state index in [9.17, 15) is 30.7 Å². The fraction of sp³-hybridized carbons (Fsp3) is 0.375. The third-order valence-electron chi connectivity index (χ3n) is 1.68. The van der Waals surface area contributed by atoms with Crippen LogP contribution in [0.15, 0.2) is 6.07 Å². The van der Waals surface area contributed by atoms with E-state index in [0.29, 0.717) is 0 Å². The molecule has 0 amide bonds. The number of hydrogen-bond acceptors (Lipinski definition) is 3. The largest absolute Gasteiger partial charge is 0.574 e. The van der Waals surface area contributed by atoms with Crippen molar-refractivity contribution in [2.24, 2.45) is 0 Å². The van der Waals surface area contributed by atoms with E-state index in [-0.39, 0.29) is 6.07 Å². The molecule has 10 heteroatoms. The van der Waals surface area contributed by atoms with Gasteiger partial charge in [0.1, 0.15) is 5.69 Å². The number of nitrogens with zero attached hydrogens (tertiary/aromatic N) is 1. The van der Waals surface area contributed by atoms with E-state index in [1.165, 1.54) is 0 Å². The molecule has 0 fully saturated rings. The van der Waals surface area contributed by atoms with Crippen molar-refractivity contribution in [3.05, 3.63) is 23.1 Å². The maximum atomic E-state index is 13.2. The highest BCUT2D eigenvalue weighted by atomic mass is 19.4. The minimum atomic E-state index is -5.40. The fourth-order valence-corrected chi connectivity index (χ4v) is 0.994. The SMILES string of the molecule is OCc1cc(C(F)(F)F)nc(OC(F)(F)F)c1F. The van der Waals surface area contributed by atoms with E-state index < -0.39 is 42.1 Å². The van der Waals surface area contributed by atoms with E-state index in [1.807, 2.05) is 0 Å².